The molecular weight excluding hydrogens is 316 g/mol. The normalized spacial score (nSPS) is 16.1. The summed E-state index contributed by atoms with van der Waals surface area (Å²) in [6.45, 7) is 3.66. The highest BCUT2D eigenvalue weighted by molar-refractivity contribution is 5.73. The van der Waals surface area contributed by atoms with Crippen LogP contribution in [0.25, 0.3) is 0 Å². The number of benzene rings is 1. The Balaban J connectivity index is 1.60. The lowest BCUT2D eigenvalue weighted by atomic mass is 10.1. The Morgan fingerprint density at radius 1 is 1.17 bits per heavy atom. The summed E-state index contributed by atoms with van der Waals surface area (Å²) in [6, 6.07) is 2.92. The molecule has 0 saturated carbocycles. The summed E-state index contributed by atoms with van der Waals surface area (Å²) in [5.74, 6) is -1.65. The lowest BCUT2D eigenvalue weighted by Crippen LogP contribution is -2.38. The summed E-state index contributed by atoms with van der Waals surface area (Å²) in [7, 11) is 0. The molecule has 2 rings (SSSR count). The third-order valence-electron chi connectivity index (χ3n) is 4.17. The zero-order valence-electron chi connectivity index (χ0n) is 13.7. The molecule has 1 aliphatic heterocycles. The van der Waals surface area contributed by atoms with E-state index < -0.39 is 29.3 Å². The maximum absolute atomic E-state index is 13.5. The summed E-state index contributed by atoms with van der Waals surface area (Å²) < 4.78 is 27.0. The van der Waals surface area contributed by atoms with E-state index in [-0.39, 0.29) is 6.54 Å². The predicted octanol–water partition coefficient (Wildman–Crippen LogP) is 2.17. The van der Waals surface area contributed by atoms with E-state index in [1.807, 2.05) is 0 Å². The standard InChI is InChI=1S/C17H25F2N3O2/c18-13-6-5-7-14(19)16(13)15(23)12-21-17(24)20-8-1-2-9-22-10-3-4-11-22/h5-7,15,23H,1-4,8-12H2,(H2,20,21,24). The van der Waals surface area contributed by atoms with Crippen molar-refractivity contribution in [3.05, 3.63) is 35.4 Å². The molecular formula is C17H25F2N3O2. The molecule has 1 atom stereocenters. The highest BCUT2D eigenvalue weighted by Crippen LogP contribution is 2.19. The number of hydrogen-bond donors (Lipinski definition) is 3. The number of unbranched alkanes of at least 4 members (excludes halogenated alkanes) is 1. The monoisotopic (exact) mass is 341 g/mol. The largest absolute Gasteiger partial charge is 0.386 e. The van der Waals surface area contributed by atoms with Crippen LogP contribution < -0.4 is 10.6 Å². The first-order valence-corrected chi connectivity index (χ1v) is 8.44. The minimum atomic E-state index is -1.42. The average Bonchev–Trinajstić information content (AvgIpc) is 3.06. The van der Waals surface area contributed by atoms with Crippen LogP contribution in [-0.4, -0.2) is 48.8 Å². The van der Waals surface area contributed by atoms with E-state index in [1.54, 1.807) is 0 Å². The van der Waals surface area contributed by atoms with E-state index in [0.717, 1.165) is 31.5 Å². The van der Waals surface area contributed by atoms with Gasteiger partial charge in [0.25, 0.3) is 0 Å². The van der Waals surface area contributed by atoms with Gasteiger partial charge < -0.3 is 20.6 Å². The lowest BCUT2D eigenvalue weighted by Gasteiger charge is -2.15. The van der Waals surface area contributed by atoms with E-state index in [9.17, 15) is 18.7 Å². The maximum Gasteiger partial charge on any atom is 0.314 e. The van der Waals surface area contributed by atoms with Crippen LogP contribution in [-0.2, 0) is 0 Å². The van der Waals surface area contributed by atoms with Gasteiger partial charge in [0.2, 0.25) is 0 Å². The zero-order valence-corrected chi connectivity index (χ0v) is 13.7. The SMILES string of the molecule is O=C(NCCCCN1CCCC1)NCC(O)c1c(F)cccc1F. The molecule has 0 bridgehead atoms. The summed E-state index contributed by atoms with van der Waals surface area (Å²) in [4.78, 5) is 14.1. The van der Waals surface area contributed by atoms with Gasteiger partial charge in [-0.25, -0.2) is 13.6 Å². The number of aliphatic hydroxyl groups excluding tert-OH is 1. The summed E-state index contributed by atoms with van der Waals surface area (Å²) >= 11 is 0. The number of carbonyl (C=O) groups is 1. The molecule has 1 aliphatic rings. The maximum atomic E-state index is 13.5. The molecule has 1 heterocycles. The van der Waals surface area contributed by atoms with Gasteiger partial charge in [-0.1, -0.05) is 6.07 Å². The molecule has 0 aliphatic carbocycles. The van der Waals surface area contributed by atoms with Crippen molar-refractivity contribution >= 4 is 6.03 Å². The lowest BCUT2D eigenvalue weighted by molar-refractivity contribution is 0.164. The van der Waals surface area contributed by atoms with Crippen molar-refractivity contribution in [2.75, 3.05) is 32.7 Å². The molecule has 5 nitrogen and oxygen atoms in total. The third kappa shape index (κ3) is 5.72. The Labute approximate surface area is 141 Å². The number of likely N-dealkylation sites (tertiary alicyclic amines) is 1. The van der Waals surface area contributed by atoms with Crippen molar-refractivity contribution in [2.45, 2.75) is 31.8 Å². The van der Waals surface area contributed by atoms with E-state index in [4.69, 9.17) is 0 Å². The van der Waals surface area contributed by atoms with Crippen LogP contribution in [0.1, 0.15) is 37.4 Å². The molecule has 1 aromatic carbocycles. The number of amides is 2. The van der Waals surface area contributed by atoms with Crippen molar-refractivity contribution in [2.24, 2.45) is 0 Å². The summed E-state index contributed by atoms with van der Waals surface area (Å²) in [6.07, 6.45) is 3.00. The van der Waals surface area contributed by atoms with Crippen LogP contribution in [0.4, 0.5) is 13.6 Å². The molecule has 1 aromatic rings. The molecule has 1 saturated heterocycles. The van der Waals surface area contributed by atoms with Gasteiger partial charge in [-0.3, -0.25) is 0 Å². The molecule has 0 radical (unpaired) electrons. The van der Waals surface area contributed by atoms with Crippen LogP contribution >= 0.6 is 0 Å². The molecule has 7 heteroatoms. The molecule has 1 fully saturated rings. The van der Waals surface area contributed by atoms with Crippen LogP contribution in [0.3, 0.4) is 0 Å². The topological polar surface area (TPSA) is 64.6 Å². The smallest absolute Gasteiger partial charge is 0.314 e. The quantitative estimate of drug-likeness (QED) is 0.635. The number of nitrogens with one attached hydrogen (secondary N) is 2. The van der Waals surface area contributed by atoms with E-state index in [0.29, 0.717) is 6.54 Å². The average molecular weight is 341 g/mol. The van der Waals surface area contributed by atoms with Gasteiger partial charge in [0.05, 0.1) is 5.56 Å². The Morgan fingerprint density at radius 2 is 1.83 bits per heavy atom. The second-order valence-corrected chi connectivity index (χ2v) is 6.04. The number of aliphatic hydroxyl groups is 1. The van der Waals surface area contributed by atoms with Crippen LogP contribution in [0.5, 0.6) is 0 Å². The number of rotatable bonds is 8. The molecule has 24 heavy (non-hydrogen) atoms. The fraction of sp³-hybridized carbons (Fsp3) is 0.588. The molecule has 3 N–H and O–H groups in total. The minimum absolute atomic E-state index is 0.253. The second-order valence-electron chi connectivity index (χ2n) is 6.04. The highest BCUT2D eigenvalue weighted by Gasteiger charge is 2.18. The first-order valence-electron chi connectivity index (χ1n) is 8.44. The predicted molar refractivity (Wildman–Crippen MR) is 87.6 cm³/mol. The Kier molecular flexibility index (Phi) is 7.39. The van der Waals surface area contributed by atoms with E-state index in [1.165, 1.54) is 32.0 Å². The molecule has 1 unspecified atom stereocenters. The van der Waals surface area contributed by atoms with Crippen LogP contribution in [0, 0.1) is 11.6 Å². The van der Waals surface area contributed by atoms with Gasteiger partial charge in [0, 0.05) is 13.1 Å². The molecule has 2 amide bonds. The van der Waals surface area contributed by atoms with Crippen LogP contribution in [0.2, 0.25) is 0 Å². The zero-order chi connectivity index (χ0) is 17.4. The first-order chi connectivity index (χ1) is 11.6. The third-order valence-corrected chi connectivity index (χ3v) is 4.17. The Hall–Kier alpha value is -1.73. The Bertz CT molecular complexity index is 516. The first kappa shape index (κ1) is 18.6. The van der Waals surface area contributed by atoms with Gasteiger partial charge in [-0.15, -0.1) is 0 Å². The number of carbonyl (C=O) groups excluding carboxylic acids is 1. The molecule has 0 spiro atoms. The fourth-order valence-corrected chi connectivity index (χ4v) is 2.85. The van der Waals surface area contributed by atoms with Crippen molar-refractivity contribution in [1.29, 1.82) is 0 Å². The van der Waals surface area contributed by atoms with Crippen molar-refractivity contribution in [1.82, 2.24) is 15.5 Å². The number of nitrogens with zero attached hydrogens (tertiary/aromatic N) is 1. The number of hydrogen-bond acceptors (Lipinski definition) is 3. The van der Waals surface area contributed by atoms with E-state index in [2.05, 4.69) is 15.5 Å². The van der Waals surface area contributed by atoms with Gasteiger partial charge >= 0.3 is 6.03 Å². The second kappa shape index (κ2) is 9.54. The Morgan fingerprint density at radius 3 is 2.50 bits per heavy atom. The fourth-order valence-electron chi connectivity index (χ4n) is 2.85. The van der Waals surface area contributed by atoms with Gasteiger partial charge in [0.15, 0.2) is 0 Å². The summed E-state index contributed by atoms with van der Waals surface area (Å²) in [5, 5.41) is 14.9. The van der Waals surface area contributed by atoms with Crippen molar-refractivity contribution in [3.63, 3.8) is 0 Å². The number of urea groups is 1. The molecule has 134 valence electrons. The molecule has 0 aromatic heterocycles. The van der Waals surface area contributed by atoms with Crippen LogP contribution in [0.15, 0.2) is 18.2 Å². The van der Waals surface area contributed by atoms with Crippen molar-refractivity contribution in [3.8, 4) is 0 Å². The van der Waals surface area contributed by atoms with Gasteiger partial charge in [-0.05, 0) is 57.5 Å². The van der Waals surface area contributed by atoms with E-state index >= 15 is 0 Å². The van der Waals surface area contributed by atoms with Crippen molar-refractivity contribution < 1.29 is 18.7 Å². The highest BCUT2D eigenvalue weighted by atomic mass is 19.1. The van der Waals surface area contributed by atoms with Gasteiger partial charge in [-0.2, -0.15) is 0 Å². The van der Waals surface area contributed by atoms with Gasteiger partial charge in [0.1, 0.15) is 17.7 Å². The summed E-state index contributed by atoms with van der Waals surface area (Å²) in [5.41, 5.74) is -0.427. The minimum Gasteiger partial charge on any atom is -0.386 e. The number of halogens is 2.